The number of amides is 2. The van der Waals surface area contributed by atoms with Crippen molar-refractivity contribution in [3.05, 3.63) is 63.8 Å². The van der Waals surface area contributed by atoms with E-state index in [-0.39, 0.29) is 11.1 Å². The Morgan fingerprint density at radius 1 is 1.13 bits per heavy atom. The third-order valence-corrected chi connectivity index (χ3v) is 4.89. The van der Waals surface area contributed by atoms with Crippen LogP contribution in [0, 0.1) is 13.8 Å². The van der Waals surface area contributed by atoms with Crippen LogP contribution < -0.4 is 0 Å². The highest BCUT2D eigenvalue weighted by molar-refractivity contribution is 8.18. The number of imide groups is 1. The predicted octanol–water partition coefficient (Wildman–Crippen LogP) is 3.88. The highest BCUT2D eigenvalue weighted by Crippen LogP contribution is 2.33. The van der Waals surface area contributed by atoms with Crippen molar-refractivity contribution < 1.29 is 9.59 Å². The van der Waals surface area contributed by atoms with Crippen LogP contribution in [0.15, 0.2) is 41.3 Å². The second kappa shape index (κ2) is 6.08. The van der Waals surface area contributed by atoms with Gasteiger partial charge in [-0.05, 0) is 49.4 Å². The summed E-state index contributed by atoms with van der Waals surface area (Å²) in [5.74, 6) is -0.222. The molecule has 1 saturated heterocycles. The first-order chi connectivity index (χ1) is 11.0. The molecule has 118 valence electrons. The van der Waals surface area contributed by atoms with Crippen molar-refractivity contribution in [3.63, 3.8) is 0 Å². The van der Waals surface area contributed by atoms with Crippen LogP contribution in [0.25, 0.3) is 6.08 Å². The van der Waals surface area contributed by atoms with Gasteiger partial charge in [-0.2, -0.15) is 0 Å². The van der Waals surface area contributed by atoms with Crippen molar-refractivity contribution in [2.75, 3.05) is 0 Å². The minimum absolute atomic E-state index is 0.214. The van der Waals surface area contributed by atoms with Gasteiger partial charge < -0.3 is 4.57 Å². The lowest BCUT2D eigenvalue weighted by Gasteiger charge is -2.12. The van der Waals surface area contributed by atoms with E-state index in [1.54, 1.807) is 6.08 Å². The molecule has 23 heavy (non-hydrogen) atoms. The van der Waals surface area contributed by atoms with Crippen molar-refractivity contribution in [1.82, 2.24) is 9.47 Å². The molecule has 2 amide bonds. The molecular formula is C18H18N2O2S. The predicted molar refractivity (Wildman–Crippen MR) is 92.8 cm³/mol. The molecule has 1 aromatic heterocycles. The number of aromatic nitrogens is 1. The van der Waals surface area contributed by atoms with Gasteiger partial charge in [-0.25, -0.2) is 0 Å². The van der Waals surface area contributed by atoms with Gasteiger partial charge in [-0.1, -0.05) is 29.8 Å². The monoisotopic (exact) mass is 326 g/mol. The molecule has 0 saturated carbocycles. The number of aryl methyl sites for hydroxylation is 2. The number of thioether (sulfide) groups is 1. The molecule has 4 nitrogen and oxygen atoms in total. The third-order valence-electron chi connectivity index (χ3n) is 3.99. The Morgan fingerprint density at radius 2 is 1.91 bits per heavy atom. The topological polar surface area (TPSA) is 42.3 Å². The molecule has 0 atom stereocenters. The molecule has 5 heteroatoms. The van der Waals surface area contributed by atoms with Crippen LogP contribution in [0.3, 0.4) is 0 Å². The van der Waals surface area contributed by atoms with E-state index in [1.165, 1.54) is 4.90 Å². The molecule has 2 aromatic rings. The summed E-state index contributed by atoms with van der Waals surface area (Å²) in [5, 5.41) is -0.214. The molecule has 0 aliphatic carbocycles. The number of hydrogen-bond donors (Lipinski definition) is 0. The molecular weight excluding hydrogens is 308 g/mol. The van der Waals surface area contributed by atoms with Gasteiger partial charge in [0.25, 0.3) is 11.1 Å². The zero-order valence-corrected chi connectivity index (χ0v) is 14.2. The Balaban J connectivity index is 1.84. The third kappa shape index (κ3) is 3.10. The van der Waals surface area contributed by atoms with E-state index in [0.29, 0.717) is 11.4 Å². The maximum Gasteiger partial charge on any atom is 0.293 e. The Hall–Kier alpha value is -2.27. The lowest BCUT2D eigenvalue weighted by atomic mass is 10.1. The molecule has 0 radical (unpaired) electrons. The fourth-order valence-electron chi connectivity index (χ4n) is 2.54. The van der Waals surface area contributed by atoms with Crippen molar-refractivity contribution >= 4 is 29.0 Å². The van der Waals surface area contributed by atoms with Crippen LogP contribution in [0.1, 0.15) is 22.5 Å². The standard InChI is InChI=1S/C18H18N2O2S/c1-12-5-4-6-14(9-12)11-20-17(21)16(23-18(20)22)10-15-8-7-13(2)19(15)3/h4-10H,11H2,1-3H3/b16-10-. The first-order valence-corrected chi connectivity index (χ1v) is 8.20. The zero-order chi connectivity index (χ0) is 16.6. The highest BCUT2D eigenvalue weighted by atomic mass is 32.2. The maximum absolute atomic E-state index is 12.5. The molecule has 0 bridgehead atoms. The Bertz CT molecular complexity index is 820. The van der Waals surface area contributed by atoms with E-state index in [1.807, 2.05) is 61.9 Å². The van der Waals surface area contributed by atoms with E-state index in [9.17, 15) is 9.59 Å². The summed E-state index contributed by atoms with van der Waals surface area (Å²) in [6, 6.07) is 11.8. The Morgan fingerprint density at radius 3 is 2.57 bits per heavy atom. The molecule has 2 heterocycles. The first kappa shape index (κ1) is 15.6. The quantitative estimate of drug-likeness (QED) is 0.804. The van der Waals surface area contributed by atoms with Crippen LogP contribution >= 0.6 is 11.8 Å². The number of rotatable bonds is 3. The van der Waals surface area contributed by atoms with E-state index in [2.05, 4.69) is 0 Å². The van der Waals surface area contributed by atoms with Gasteiger partial charge in [0.1, 0.15) is 0 Å². The van der Waals surface area contributed by atoms with Crippen molar-refractivity contribution in [1.29, 1.82) is 0 Å². The molecule has 3 rings (SSSR count). The van der Waals surface area contributed by atoms with Gasteiger partial charge in [-0.3, -0.25) is 14.5 Å². The largest absolute Gasteiger partial charge is 0.348 e. The second-order valence-electron chi connectivity index (χ2n) is 5.72. The van der Waals surface area contributed by atoms with Crippen LogP contribution in [-0.2, 0) is 18.4 Å². The smallest absolute Gasteiger partial charge is 0.293 e. The SMILES string of the molecule is Cc1cccc(CN2C(=O)S/C(=C\c3ccc(C)n3C)C2=O)c1. The van der Waals surface area contributed by atoms with E-state index in [0.717, 1.165) is 34.3 Å². The number of benzene rings is 1. The van der Waals surface area contributed by atoms with Gasteiger partial charge in [0.15, 0.2) is 0 Å². The molecule has 1 aliphatic rings. The average molecular weight is 326 g/mol. The highest BCUT2D eigenvalue weighted by Gasteiger charge is 2.35. The fraction of sp³-hybridized carbons (Fsp3) is 0.222. The molecule has 0 N–H and O–H groups in total. The number of hydrogen-bond acceptors (Lipinski definition) is 3. The minimum atomic E-state index is -0.222. The summed E-state index contributed by atoms with van der Waals surface area (Å²) in [5.41, 5.74) is 4.10. The van der Waals surface area contributed by atoms with Gasteiger partial charge in [0, 0.05) is 18.4 Å². The van der Waals surface area contributed by atoms with Gasteiger partial charge >= 0.3 is 0 Å². The minimum Gasteiger partial charge on any atom is -0.348 e. The molecule has 1 fully saturated rings. The van der Waals surface area contributed by atoms with Crippen LogP contribution in [-0.4, -0.2) is 20.6 Å². The molecule has 1 aromatic carbocycles. The summed E-state index contributed by atoms with van der Waals surface area (Å²) in [6.07, 6.45) is 1.79. The Labute approximate surface area is 139 Å². The zero-order valence-electron chi connectivity index (χ0n) is 13.4. The van der Waals surface area contributed by atoms with Crippen LogP contribution in [0.5, 0.6) is 0 Å². The lowest BCUT2D eigenvalue weighted by Crippen LogP contribution is -2.27. The van der Waals surface area contributed by atoms with Gasteiger partial charge in [0.05, 0.1) is 11.4 Å². The summed E-state index contributed by atoms with van der Waals surface area (Å²) >= 11 is 1.00. The number of nitrogens with zero attached hydrogens (tertiary/aromatic N) is 2. The van der Waals surface area contributed by atoms with E-state index in [4.69, 9.17) is 0 Å². The van der Waals surface area contributed by atoms with Crippen molar-refractivity contribution in [2.24, 2.45) is 7.05 Å². The number of carbonyl (C=O) groups excluding carboxylic acids is 2. The van der Waals surface area contributed by atoms with Crippen molar-refractivity contribution in [2.45, 2.75) is 20.4 Å². The van der Waals surface area contributed by atoms with Crippen molar-refractivity contribution in [3.8, 4) is 0 Å². The fourth-order valence-corrected chi connectivity index (χ4v) is 3.36. The molecule has 1 aliphatic heterocycles. The Kier molecular flexibility index (Phi) is 4.13. The van der Waals surface area contributed by atoms with E-state index >= 15 is 0 Å². The summed E-state index contributed by atoms with van der Waals surface area (Å²) in [6.45, 7) is 4.31. The van der Waals surface area contributed by atoms with E-state index < -0.39 is 0 Å². The first-order valence-electron chi connectivity index (χ1n) is 7.39. The summed E-state index contributed by atoms with van der Waals surface area (Å²) < 4.78 is 1.99. The van der Waals surface area contributed by atoms with Crippen LogP contribution in [0.2, 0.25) is 0 Å². The van der Waals surface area contributed by atoms with Gasteiger partial charge in [0.2, 0.25) is 0 Å². The second-order valence-corrected chi connectivity index (χ2v) is 6.71. The van der Waals surface area contributed by atoms with Gasteiger partial charge in [-0.15, -0.1) is 0 Å². The summed E-state index contributed by atoms with van der Waals surface area (Å²) in [4.78, 5) is 26.5. The normalized spacial score (nSPS) is 16.7. The molecule has 0 unspecified atom stereocenters. The molecule has 0 spiro atoms. The maximum atomic E-state index is 12.5. The lowest BCUT2D eigenvalue weighted by molar-refractivity contribution is -0.123. The average Bonchev–Trinajstić information content (AvgIpc) is 2.96. The summed E-state index contributed by atoms with van der Waals surface area (Å²) in [7, 11) is 1.94. The number of carbonyl (C=O) groups is 2. The van der Waals surface area contributed by atoms with Crippen LogP contribution in [0.4, 0.5) is 4.79 Å².